The summed E-state index contributed by atoms with van der Waals surface area (Å²) in [6.07, 6.45) is 1.04. The van der Waals surface area contributed by atoms with Crippen LogP contribution in [0.15, 0.2) is 22.7 Å². The average Bonchev–Trinajstić information content (AvgIpc) is 2.22. The molecule has 0 aliphatic carbocycles. The summed E-state index contributed by atoms with van der Waals surface area (Å²) < 4.78 is 1.01. The summed E-state index contributed by atoms with van der Waals surface area (Å²) >= 11 is 15.2. The maximum atomic E-state index is 6.11. The molecule has 0 saturated carbocycles. The molecule has 1 unspecified atom stereocenters. The maximum Gasteiger partial charge on any atom is 0.0462 e. The Morgan fingerprint density at radius 3 is 2.81 bits per heavy atom. The van der Waals surface area contributed by atoms with Crippen molar-refractivity contribution in [3.05, 3.63) is 33.3 Å². The topological polar surface area (TPSA) is 12.0 Å². The molecule has 0 aromatic heterocycles. The molecular weight excluding hydrogens is 309 g/mol. The molecule has 1 nitrogen and oxygen atoms in total. The van der Waals surface area contributed by atoms with Crippen LogP contribution in [0, 0.1) is 5.92 Å². The van der Waals surface area contributed by atoms with Crippen molar-refractivity contribution in [1.82, 2.24) is 5.32 Å². The van der Waals surface area contributed by atoms with Crippen molar-refractivity contribution in [2.24, 2.45) is 5.92 Å². The van der Waals surface area contributed by atoms with Gasteiger partial charge >= 0.3 is 0 Å². The molecule has 0 bridgehead atoms. The van der Waals surface area contributed by atoms with E-state index >= 15 is 0 Å². The highest BCUT2D eigenvalue weighted by Gasteiger charge is 2.03. The van der Waals surface area contributed by atoms with Crippen LogP contribution in [0.4, 0.5) is 0 Å². The van der Waals surface area contributed by atoms with E-state index in [0.717, 1.165) is 40.4 Å². The Hall–Kier alpha value is 0.240. The Balaban J connectivity index is 2.37. The van der Waals surface area contributed by atoms with Gasteiger partial charge in [0.25, 0.3) is 0 Å². The Labute approximate surface area is 116 Å². The van der Waals surface area contributed by atoms with Crippen molar-refractivity contribution >= 4 is 39.1 Å². The normalized spacial score (nSPS) is 12.8. The van der Waals surface area contributed by atoms with E-state index in [1.165, 1.54) is 0 Å². The zero-order valence-corrected chi connectivity index (χ0v) is 12.4. The van der Waals surface area contributed by atoms with Gasteiger partial charge in [-0.2, -0.15) is 0 Å². The van der Waals surface area contributed by atoms with Gasteiger partial charge in [-0.15, -0.1) is 11.6 Å². The lowest BCUT2D eigenvalue weighted by atomic mass is 10.1. The fourth-order valence-electron chi connectivity index (χ4n) is 1.41. The first kappa shape index (κ1) is 14.3. The number of hydrogen-bond donors (Lipinski definition) is 1. The van der Waals surface area contributed by atoms with E-state index in [4.69, 9.17) is 23.2 Å². The third-order valence-corrected chi connectivity index (χ3v) is 3.49. The second kappa shape index (κ2) is 7.54. The molecule has 1 N–H and O–H groups in total. The highest BCUT2D eigenvalue weighted by Crippen LogP contribution is 2.21. The van der Waals surface area contributed by atoms with Crippen LogP contribution in [0.2, 0.25) is 5.02 Å². The summed E-state index contributed by atoms with van der Waals surface area (Å²) in [6.45, 7) is 3.97. The third-order valence-electron chi connectivity index (χ3n) is 2.43. The van der Waals surface area contributed by atoms with E-state index in [2.05, 4.69) is 28.2 Å². The summed E-state index contributed by atoms with van der Waals surface area (Å²) in [5.74, 6) is 1.33. The van der Waals surface area contributed by atoms with E-state index in [9.17, 15) is 0 Å². The quantitative estimate of drug-likeness (QED) is 0.762. The molecule has 0 heterocycles. The van der Waals surface area contributed by atoms with Crippen LogP contribution in [0.25, 0.3) is 0 Å². The zero-order chi connectivity index (χ0) is 12.0. The molecule has 16 heavy (non-hydrogen) atoms. The van der Waals surface area contributed by atoms with Crippen LogP contribution in [0.3, 0.4) is 0 Å². The van der Waals surface area contributed by atoms with Gasteiger partial charge in [0.2, 0.25) is 0 Å². The fourth-order valence-corrected chi connectivity index (χ4v) is 2.52. The van der Waals surface area contributed by atoms with E-state index in [1.54, 1.807) is 0 Å². The van der Waals surface area contributed by atoms with Crippen LogP contribution in [0.5, 0.6) is 0 Å². The first-order valence-corrected chi connectivity index (χ1v) is 7.04. The summed E-state index contributed by atoms with van der Waals surface area (Å²) in [6, 6.07) is 5.96. The molecule has 1 aromatic carbocycles. The monoisotopic (exact) mass is 323 g/mol. The fraction of sp³-hybridized carbons (Fsp3) is 0.500. The molecule has 1 rings (SSSR count). The van der Waals surface area contributed by atoms with E-state index in [-0.39, 0.29) is 0 Å². The van der Waals surface area contributed by atoms with Crippen molar-refractivity contribution in [3.63, 3.8) is 0 Å². The van der Waals surface area contributed by atoms with Gasteiger partial charge in [-0.3, -0.25) is 0 Å². The van der Waals surface area contributed by atoms with Crippen LogP contribution in [0.1, 0.15) is 18.9 Å². The number of benzene rings is 1. The summed E-state index contributed by atoms with van der Waals surface area (Å²) in [5.41, 5.74) is 1.13. The maximum absolute atomic E-state index is 6.11. The van der Waals surface area contributed by atoms with Gasteiger partial charge in [0, 0.05) is 21.9 Å². The van der Waals surface area contributed by atoms with Crippen LogP contribution >= 0.6 is 39.1 Å². The van der Waals surface area contributed by atoms with Crippen molar-refractivity contribution in [2.45, 2.75) is 19.9 Å². The number of rotatable bonds is 6. The van der Waals surface area contributed by atoms with Crippen molar-refractivity contribution in [1.29, 1.82) is 0 Å². The Bertz CT molecular complexity index is 331. The summed E-state index contributed by atoms with van der Waals surface area (Å²) in [4.78, 5) is 0. The van der Waals surface area contributed by atoms with Gasteiger partial charge in [0.05, 0.1) is 0 Å². The predicted molar refractivity (Wildman–Crippen MR) is 75.4 cm³/mol. The minimum absolute atomic E-state index is 0.603. The molecule has 0 fully saturated rings. The van der Waals surface area contributed by atoms with Crippen molar-refractivity contribution in [3.8, 4) is 0 Å². The SMILES string of the molecule is CC(CCCl)CNCc1ccc(Br)cc1Cl. The number of nitrogens with one attached hydrogen (secondary N) is 1. The zero-order valence-electron chi connectivity index (χ0n) is 9.27. The Kier molecular flexibility index (Phi) is 6.74. The largest absolute Gasteiger partial charge is 0.312 e. The standard InChI is InChI=1S/C12H16BrCl2N/c1-9(4-5-14)7-16-8-10-2-3-11(13)6-12(10)15/h2-3,6,9,16H,4-5,7-8H2,1H3. The molecule has 0 saturated heterocycles. The van der Waals surface area contributed by atoms with Crippen LogP contribution in [-0.2, 0) is 6.54 Å². The second-order valence-corrected chi connectivity index (χ2v) is 5.65. The summed E-state index contributed by atoms with van der Waals surface area (Å²) in [7, 11) is 0. The lowest BCUT2D eigenvalue weighted by Gasteiger charge is -2.11. The van der Waals surface area contributed by atoms with Crippen molar-refractivity contribution < 1.29 is 0 Å². The highest BCUT2D eigenvalue weighted by molar-refractivity contribution is 9.10. The first-order valence-electron chi connectivity index (χ1n) is 5.34. The summed E-state index contributed by atoms with van der Waals surface area (Å²) in [5, 5.41) is 4.19. The molecule has 1 atom stereocenters. The Morgan fingerprint density at radius 2 is 2.19 bits per heavy atom. The highest BCUT2D eigenvalue weighted by atomic mass is 79.9. The van der Waals surface area contributed by atoms with Gasteiger partial charge in [-0.1, -0.05) is 40.5 Å². The molecule has 90 valence electrons. The number of hydrogen-bond acceptors (Lipinski definition) is 1. The smallest absolute Gasteiger partial charge is 0.0462 e. The van der Waals surface area contributed by atoms with E-state index in [1.807, 2.05) is 18.2 Å². The molecule has 1 aromatic rings. The van der Waals surface area contributed by atoms with E-state index < -0.39 is 0 Å². The van der Waals surface area contributed by atoms with E-state index in [0.29, 0.717) is 5.92 Å². The van der Waals surface area contributed by atoms with Gasteiger partial charge in [0.15, 0.2) is 0 Å². The molecule has 0 spiro atoms. The Morgan fingerprint density at radius 1 is 1.44 bits per heavy atom. The van der Waals surface area contributed by atoms with Gasteiger partial charge in [-0.05, 0) is 36.6 Å². The number of halogens is 3. The molecule has 0 amide bonds. The number of alkyl halides is 1. The van der Waals surface area contributed by atoms with Gasteiger partial charge in [0.1, 0.15) is 0 Å². The second-order valence-electron chi connectivity index (χ2n) is 3.95. The average molecular weight is 325 g/mol. The molecule has 0 aliphatic rings. The van der Waals surface area contributed by atoms with Crippen molar-refractivity contribution in [2.75, 3.05) is 12.4 Å². The lowest BCUT2D eigenvalue weighted by molar-refractivity contribution is 0.502. The lowest BCUT2D eigenvalue weighted by Crippen LogP contribution is -2.21. The first-order chi connectivity index (χ1) is 7.63. The molecule has 0 aliphatic heterocycles. The minimum Gasteiger partial charge on any atom is -0.312 e. The van der Waals surface area contributed by atoms with Gasteiger partial charge in [-0.25, -0.2) is 0 Å². The minimum atomic E-state index is 0.603. The van der Waals surface area contributed by atoms with Gasteiger partial charge < -0.3 is 5.32 Å². The van der Waals surface area contributed by atoms with Crippen LogP contribution < -0.4 is 5.32 Å². The molecule has 4 heteroatoms. The molecular formula is C12H16BrCl2N. The third kappa shape index (κ3) is 5.05. The van der Waals surface area contributed by atoms with Crippen LogP contribution in [-0.4, -0.2) is 12.4 Å². The molecule has 0 radical (unpaired) electrons. The predicted octanol–water partition coefficient (Wildman–Crippen LogP) is 4.46.